The summed E-state index contributed by atoms with van der Waals surface area (Å²) in [6, 6.07) is 6.63. The summed E-state index contributed by atoms with van der Waals surface area (Å²) in [6.07, 6.45) is 4.69. The van der Waals surface area contributed by atoms with Crippen molar-refractivity contribution in [1.82, 2.24) is 4.31 Å². The van der Waals surface area contributed by atoms with Crippen molar-refractivity contribution in [2.75, 3.05) is 19.3 Å². The van der Waals surface area contributed by atoms with Crippen molar-refractivity contribution < 1.29 is 8.42 Å². The van der Waals surface area contributed by atoms with Crippen LogP contribution in [0.25, 0.3) is 0 Å². The van der Waals surface area contributed by atoms with Crippen molar-refractivity contribution in [3.8, 4) is 0 Å². The monoisotopic (exact) mass is 268 g/mol. The summed E-state index contributed by atoms with van der Waals surface area (Å²) in [5.74, 6) is 0.495. The number of nitrogen functional groups attached to an aromatic ring is 1. The first-order valence-electron chi connectivity index (χ1n) is 6.32. The molecule has 18 heavy (non-hydrogen) atoms. The van der Waals surface area contributed by atoms with Crippen molar-refractivity contribution in [3.05, 3.63) is 24.3 Å². The summed E-state index contributed by atoms with van der Waals surface area (Å²) in [5, 5.41) is 0. The number of nitrogens with zero attached hydrogens (tertiary/aromatic N) is 1. The van der Waals surface area contributed by atoms with Gasteiger partial charge in [0.15, 0.2) is 0 Å². The molecule has 0 amide bonds. The van der Waals surface area contributed by atoms with Gasteiger partial charge < -0.3 is 5.73 Å². The van der Waals surface area contributed by atoms with Crippen LogP contribution < -0.4 is 5.73 Å². The van der Waals surface area contributed by atoms with Crippen LogP contribution >= 0.6 is 0 Å². The van der Waals surface area contributed by atoms with Crippen LogP contribution in [-0.4, -0.2) is 26.3 Å². The van der Waals surface area contributed by atoms with Crippen LogP contribution in [-0.2, 0) is 10.0 Å². The molecule has 1 aliphatic rings. The molecule has 1 aliphatic carbocycles. The van der Waals surface area contributed by atoms with E-state index in [0.717, 1.165) is 12.8 Å². The molecule has 0 bridgehead atoms. The van der Waals surface area contributed by atoms with Gasteiger partial charge in [-0.15, -0.1) is 0 Å². The average Bonchev–Trinajstić information content (AvgIpc) is 2.82. The van der Waals surface area contributed by atoms with Crippen molar-refractivity contribution >= 4 is 15.7 Å². The highest BCUT2D eigenvalue weighted by atomic mass is 32.2. The molecule has 0 unspecified atom stereocenters. The summed E-state index contributed by atoms with van der Waals surface area (Å²) in [4.78, 5) is 0.213. The number of para-hydroxylation sites is 1. The highest BCUT2D eigenvalue weighted by Gasteiger charge is 2.26. The molecule has 0 aromatic heterocycles. The van der Waals surface area contributed by atoms with Crippen molar-refractivity contribution in [2.24, 2.45) is 5.92 Å². The molecule has 0 spiro atoms. The first kappa shape index (κ1) is 13.4. The van der Waals surface area contributed by atoms with E-state index in [4.69, 9.17) is 5.73 Å². The molecule has 0 aliphatic heterocycles. The van der Waals surface area contributed by atoms with Crippen molar-refractivity contribution in [2.45, 2.75) is 30.6 Å². The van der Waals surface area contributed by atoms with Gasteiger partial charge in [-0.25, -0.2) is 12.7 Å². The second-order valence-corrected chi connectivity index (χ2v) is 6.99. The molecule has 0 radical (unpaired) electrons. The summed E-state index contributed by atoms with van der Waals surface area (Å²) in [6.45, 7) is 0.594. The molecule has 1 aromatic rings. The fourth-order valence-corrected chi connectivity index (χ4v) is 3.90. The third-order valence-corrected chi connectivity index (χ3v) is 5.49. The van der Waals surface area contributed by atoms with Gasteiger partial charge in [0.2, 0.25) is 10.0 Å². The van der Waals surface area contributed by atoms with Gasteiger partial charge in [0, 0.05) is 13.6 Å². The largest absolute Gasteiger partial charge is 0.398 e. The van der Waals surface area contributed by atoms with E-state index in [-0.39, 0.29) is 4.90 Å². The number of rotatable bonds is 4. The molecule has 5 heteroatoms. The van der Waals surface area contributed by atoms with Crippen LogP contribution in [0.1, 0.15) is 25.7 Å². The van der Waals surface area contributed by atoms with Gasteiger partial charge in [-0.05, 0) is 30.9 Å². The average molecular weight is 268 g/mol. The quantitative estimate of drug-likeness (QED) is 0.850. The molecule has 0 atom stereocenters. The van der Waals surface area contributed by atoms with Gasteiger partial charge in [0.1, 0.15) is 4.90 Å². The number of anilines is 1. The fraction of sp³-hybridized carbons (Fsp3) is 0.538. The molecule has 1 fully saturated rings. The van der Waals surface area contributed by atoms with E-state index in [1.54, 1.807) is 31.3 Å². The lowest BCUT2D eigenvalue weighted by Crippen LogP contribution is -2.31. The Bertz CT molecular complexity index is 507. The third kappa shape index (κ3) is 2.67. The minimum atomic E-state index is -3.45. The number of sulfonamides is 1. The lowest BCUT2D eigenvalue weighted by molar-refractivity contribution is 0.387. The molecule has 1 aromatic carbocycles. The Morgan fingerprint density at radius 2 is 1.89 bits per heavy atom. The number of hydrogen-bond donors (Lipinski definition) is 1. The van der Waals surface area contributed by atoms with Crippen molar-refractivity contribution in [3.63, 3.8) is 0 Å². The zero-order valence-electron chi connectivity index (χ0n) is 10.7. The zero-order chi connectivity index (χ0) is 13.2. The minimum absolute atomic E-state index is 0.213. The normalized spacial score (nSPS) is 17.4. The van der Waals surface area contributed by atoms with E-state index in [1.807, 2.05) is 0 Å². The Kier molecular flexibility index (Phi) is 3.92. The van der Waals surface area contributed by atoms with Gasteiger partial charge in [0.05, 0.1) is 5.69 Å². The van der Waals surface area contributed by atoms with Gasteiger partial charge in [-0.1, -0.05) is 25.0 Å². The standard InChI is InChI=1S/C13H20N2O2S/c1-15(10-11-6-2-3-7-11)18(16,17)13-9-5-4-8-12(13)14/h4-5,8-9,11H,2-3,6-7,10,14H2,1H3. The lowest BCUT2D eigenvalue weighted by Gasteiger charge is -2.21. The number of benzene rings is 1. The Balaban J connectivity index is 2.17. The molecule has 4 nitrogen and oxygen atoms in total. The molecule has 2 N–H and O–H groups in total. The van der Waals surface area contributed by atoms with E-state index < -0.39 is 10.0 Å². The Hall–Kier alpha value is -1.07. The smallest absolute Gasteiger partial charge is 0.244 e. The predicted octanol–water partition coefficient (Wildman–Crippen LogP) is 2.08. The van der Waals surface area contributed by atoms with E-state index in [0.29, 0.717) is 18.2 Å². The first-order valence-corrected chi connectivity index (χ1v) is 7.76. The summed E-state index contributed by atoms with van der Waals surface area (Å²) in [7, 11) is -1.81. The summed E-state index contributed by atoms with van der Waals surface area (Å²) < 4.78 is 26.2. The van der Waals surface area contributed by atoms with Crippen LogP contribution in [0.5, 0.6) is 0 Å². The summed E-state index contributed by atoms with van der Waals surface area (Å²) >= 11 is 0. The maximum atomic E-state index is 12.4. The van der Waals surface area contributed by atoms with E-state index >= 15 is 0 Å². The van der Waals surface area contributed by atoms with Crippen LogP contribution in [0.2, 0.25) is 0 Å². The second-order valence-electron chi connectivity index (χ2n) is 4.97. The van der Waals surface area contributed by atoms with Gasteiger partial charge in [-0.3, -0.25) is 0 Å². The van der Waals surface area contributed by atoms with Gasteiger partial charge in [0.25, 0.3) is 0 Å². The van der Waals surface area contributed by atoms with E-state index in [1.165, 1.54) is 17.1 Å². The minimum Gasteiger partial charge on any atom is -0.398 e. The highest BCUT2D eigenvalue weighted by Crippen LogP contribution is 2.28. The van der Waals surface area contributed by atoms with Crippen LogP contribution in [0.3, 0.4) is 0 Å². The fourth-order valence-electron chi connectivity index (χ4n) is 2.54. The van der Waals surface area contributed by atoms with Gasteiger partial charge in [-0.2, -0.15) is 0 Å². The van der Waals surface area contributed by atoms with E-state index in [2.05, 4.69) is 0 Å². The SMILES string of the molecule is CN(CC1CCCC1)S(=O)(=O)c1ccccc1N. The molecule has 1 saturated carbocycles. The third-order valence-electron chi connectivity index (χ3n) is 3.60. The topological polar surface area (TPSA) is 63.4 Å². The second kappa shape index (κ2) is 5.28. The molecule has 0 saturated heterocycles. The molecule has 0 heterocycles. The molecular formula is C13H20N2O2S. The molecule has 2 rings (SSSR count). The molecular weight excluding hydrogens is 248 g/mol. The van der Waals surface area contributed by atoms with Crippen molar-refractivity contribution in [1.29, 1.82) is 0 Å². The number of hydrogen-bond acceptors (Lipinski definition) is 3. The predicted molar refractivity (Wildman–Crippen MR) is 72.6 cm³/mol. The first-order chi connectivity index (χ1) is 8.51. The zero-order valence-corrected chi connectivity index (χ0v) is 11.5. The maximum absolute atomic E-state index is 12.4. The van der Waals surface area contributed by atoms with Crippen LogP contribution in [0.4, 0.5) is 5.69 Å². The Morgan fingerprint density at radius 1 is 1.28 bits per heavy atom. The lowest BCUT2D eigenvalue weighted by atomic mass is 10.1. The Morgan fingerprint density at radius 3 is 2.50 bits per heavy atom. The van der Waals surface area contributed by atoms with Crippen LogP contribution in [0.15, 0.2) is 29.2 Å². The Labute approximate surface area is 109 Å². The van der Waals surface area contributed by atoms with Crippen LogP contribution in [0, 0.1) is 5.92 Å². The van der Waals surface area contributed by atoms with Gasteiger partial charge >= 0.3 is 0 Å². The number of nitrogens with two attached hydrogens (primary N) is 1. The maximum Gasteiger partial charge on any atom is 0.244 e. The highest BCUT2D eigenvalue weighted by molar-refractivity contribution is 7.89. The van der Waals surface area contributed by atoms with E-state index in [9.17, 15) is 8.42 Å². The summed E-state index contributed by atoms with van der Waals surface area (Å²) in [5.41, 5.74) is 6.06. The molecule has 100 valence electrons.